The Morgan fingerprint density at radius 2 is 1.96 bits per heavy atom. The van der Waals surface area contributed by atoms with E-state index in [1.807, 2.05) is 24.3 Å². The van der Waals surface area contributed by atoms with Crippen LogP contribution in [0.1, 0.15) is 17.2 Å². The molecule has 28 heavy (non-hydrogen) atoms. The van der Waals surface area contributed by atoms with Gasteiger partial charge in [0.1, 0.15) is 0 Å². The predicted molar refractivity (Wildman–Crippen MR) is 111 cm³/mol. The maximum Gasteiger partial charge on any atom is 0.419 e. The number of oxazole rings is 1. The van der Waals surface area contributed by atoms with Crippen molar-refractivity contribution in [3.63, 3.8) is 0 Å². The molecule has 2 heterocycles. The number of halogens is 1. The highest BCUT2D eigenvalue weighted by molar-refractivity contribution is 7.99. The molecule has 0 unspecified atom stereocenters. The number of hydrogen-bond donors (Lipinski definition) is 0. The molecule has 0 amide bonds. The van der Waals surface area contributed by atoms with E-state index in [1.165, 1.54) is 27.1 Å². The lowest BCUT2D eigenvalue weighted by molar-refractivity contribution is 0.428. The van der Waals surface area contributed by atoms with E-state index in [-0.39, 0.29) is 10.1 Å². The lowest BCUT2D eigenvalue weighted by atomic mass is 10.1. The first-order chi connectivity index (χ1) is 13.4. The maximum atomic E-state index is 13.2. The first kappa shape index (κ1) is 19.6. The molecule has 0 bridgehead atoms. The standard InChI is InChI=1S/C19H19ClN2O4S2/c1-21-16-12-13(6-7-17(16)26-19(21)23)28(24,25)22-9-8-18(27-11-10-22)14-4-2-3-5-15(14)20/h2-7,12,18H,8-11H2,1H3/t18-/m1/s1. The van der Waals surface area contributed by atoms with Crippen molar-refractivity contribution in [2.24, 2.45) is 7.05 Å². The van der Waals surface area contributed by atoms with Gasteiger partial charge < -0.3 is 4.42 Å². The summed E-state index contributed by atoms with van der Waals surface area (Å²) in [5.74, 6) is 0.167. The quantitative estimate of drug-likeness (QED) is 0.624. The minimum absolute atomic E-state index is 0.158. The number of aryl methyl sites for hydroxylation is 1. The molecule has 9 heteroatoms. The molecule has 1 fully saturated rings. The molecule has 148 valence electrons. The van der Waals surface area contributed by atoms with Crippen LogP contribution < -0.4 is 5.76 Å². The minimum atomic E-state index is -3.67. The molecule has 0 saturated carbocycles. The number of rotatable bonds is 3. The fraction of sp³-hybridized carbons (Fsp3) is 0.316. The molecular weight excluding hydrogens is 420 g/mol. The van der Waals surface area contributed by atoms with Gasteiger partial charge >= 0.3 is 5.76 Å². The zero-order valence-electron chi connectivity index (χ0n) is 15.2. The van der Waals surface area contributed by atoms with Crippen molar-refractivity contribution in [1.82, 2.24) is 8.87 Å². The van der Waals surface area contributed by atoms with Crippen LogP contribution in [0, 0.1) is 0 Å². The minimum Gasteiger partial charge on any atom is -0.408 e. The van der Waals surface area contributed by atoms with Crippen molar-refractivity contribution in [2.45, 2.75) is 16.6 Å². The summed E-state index contributed by atoms with van der Waals surface area (Å²) in [5, 5.41) is 0.869. The van der Waals surface area contributed by atoms with E-state index in [4.69, 9.17) is 16.0 Å². The van der Waals surface area contributed by atoms with Gasteiger partial charge in [-0.2, -0.15) is 16.1 Å². The van der Waals surface area contributed by atoms with Crippen LogP contribution in [-0.4, -0.2) is 36.1 Å². The van der Waals surface area contributed by atoms with Crippen molar-refractivity contribution >= 4 is 44.5 Å². The molecule has 1 atom stereocenters. The number of fused-ring (bicyclic) bond motifs is 1. The lowest BCUT2D eigenvalue weighted by Gasteiger charge is -2.20. The van der Waals surface area contributed by atoms with E-state index in [0.717, 1.165) is 5.56 Å². The lowest BCUT2D eigenvalue weighted by Crippen LogP contribution is -2.33. The van der Waals surface area contributed by atoms with Crippen molar-refractivity contribution in [2.75, 3.05) is 18.8 Å². The van der Waals surface area contributed by atoms with Gasteiger partial charge in [-0.15, -0.1) is 0 Å². The molecule has 1 saturated heterocycles. The van der Waals surface area contributed by atoms with Crippen LogP contribution in [-0.2, 0) is 17.1 Å². The Morgan fingerprint density at radius 1 is 1.18 bits per heavy atom. The number of hydrogen-bond acceptors (Lipinski definition) is 5. The van der Waals surface area contributed by atoms with Crippen LogP contribution in [0.4, 0.5) is 0 Å². The summed E-state index contributed by atoms with van der Waals surface area (Å²) in [6.45, 7) is 0.837. The van der Waals surface area contributed by atoms with Gasteiger partial charge in [0.15, 0.2) is 5.58 Å². The van der Waals surface area contributed by atoms with E-state index in [0.29, 0.717) is 41.4 Å². The normalized spacial score (nSPS) is 19.0. The van der Waals surface area contributed by atoms with Crippen molar-refractivity contribution < 1.29 is 12.8 Å². The zero-order chi connectivity index (χ0) is 19.9. The van der Waals surface area contributed by atoms with Crippen LogP contribution in [0.5, 0.6) is 0 Å². The summed E-state index contributed by atoms with van der Waals surface area (Å²) in [6, 6.07) is 12.2. The molecule has 1 aliphatic rings. The number of benzene rings is 2. The zero-order valence-corrected chi connectivity index (χ0v) is 17.6. The first-order valence-corrected chi connectivity index (χ1v) is 11.7. The molecule has 0 N–H and O–H groups in total. The van der Waals surface area contributed by atoms with Crippen LogP contribution in [0.2, 0.25) is 5.02 Å². The first-order valence-electron chi connectivity index (χ1n) is 8.83. The Balaban J connectivity index is 1.61. The third-order valence-corrected chi connectivity index (χ3v) is 8.50. The molecule has 0 aliphatic carbocycles. The maximum absolute atomic E-state index is 13.2. The Labute approximate surface area is 172 Å². The van der Waals surface area contributed by atoms with Crippen molar-refractivity contribution in [3.8, 4) is 0 Å². The Morgan fingerprint density at radius 3 is 2.75 bits per heavy atom. The molecule has 6 nitrogen and oxygen atoms in total. The Bertz CT molecular complexity index is 1190. The molecule has 3 aromatic rings. The van der Waals surface area contributed by atoms with E-state index in [1.54, 1.807) is 18.8 Å². The third-order valence-electron chi connectivity index (χ3n) is 4.95. The summed E-state index contributed by atoms with van der Waals surface area (Å²) in [4.78, 5) is 11.8. The highest BCUT2D eigenvalue weighted by Gasteiger charge is 2.29. The molecule has 4 rings (SSSR count). The van der Waals surface area contributed by atoms with Crippen LogP contribution in [0.3, 0.4) is 0 Å². The SMILES string of the molecule is Cn1c(=O)oc2ccc(S(=O)(=O)N3CCS[C@@H](c4ccccc4Cl)CC3)cc21. The number of aromatic nitrogens is 1. The molecule has 0 radical (unpaired) electrons. The predicted octanol–water partition coefficient (Wildman–Crippen LogP) is 3.65. The summed E-state index contributed by atoms with van der Waals surface area (Å²) in [6.07, 6.45) is 0.681. The molecule has 2 aromatic carbocycles. The van der Waals surface area contributed by atoms with Gasteiger partial charge in [-0.05, 0) is 36.2 Å². The van der Waals surface area contributed by atoms with E-state index >= 15 is 0 Å². The fourth-order valence-corrected chi connectivity index (χ4v) is 6.58. The van der Waals surface area contributed by atoms with Gasteiger partial charge in [0.05, 0.1) is 10.4 Å². The van der Waals surface area contributed by atoms with Crippen LogP contribution in [0.15, 0.2) is 56.6 Å². The Hall–Kier alpha value is -1.74. The van der Waals surface area contributed by atoms with Gasteiger partial charge in [0, 0.05) is 36.2 Å². The van der Waals surface area contributed by atoms with Gasteiger partial charge in [-0.3, -0.25) is 4.57 Å². The highest BCUT2D eigenvalue weighted by atomic mass is 35.5. The molecule has 1 aliphatic heterocycles. The average Bonchev–Trinajstić information content (AvgIpc) is 2.86. The summed E-state index contributed by atoms with van der Waals surface area (Å²) < 4.78 is 34.3. The average molecular weight is 439 g/mol. The van der Waals surface area contributed by atoms with Crippen LogP contribution in [0.25, 0.3) is 11.1 Å². The second-order valence-corrected chi connectivity index (χ2v) is 10.3. The monoisotopic (exact) mass is 438 g/mol. The summed E-state index contributed by atoms with van der Waals surface area (Å²) in [5.41, 5.74) is 1.88. The van der Waals surface area contributed by atoms with Gasteiger partial charge in [-0.25, -0.2) is 13.2 Å². The number of nitrogens with zero attached hydrogens (tertiary/aromatic N) is 2. The number of sulfonamides is 1. The largest absolute Gasteiger partial charge is 0.419 e. The van der Waals surface area contributed by atoms with Crippen LogP contribution >= 0.6 is 23.4 Å². The highest BCUT2D eigenvalue weighted by Crippen LogP contribution is 2.38. The number of thioether (sulfide) groups is 1. The van der Waals surface area contributed by atoms with Gasteiger partial charge in [0.25, 0.3) is 0 Å². The summed E-state index contributed by atoms with van der Waals surface area (Å²) in [7, 11) is -2.11. The Kier molecular flexibility index (Phi) is 5.30. The van der Waals surface area contributed by atoms with E-state index in [9.17, 15) is 13.2 Å². The van der Waals surface area contributed by atoms with Crippen molar-refractivity contribution in [3.05, 3.63) is 63.6 Å². The fourth-order valence-electron chi connectivity index (χ4n) is 3.39. The molecule has 0 spiro atoms. The van der Waals surface area contributed by atoms with Gasteiger partial charge in [0.2, 0.25) is 10.0 Å². The van der Waals surface area contributed by atoms with Gasteiger partial charge in [-0.1, -0.05) is 29.8 Å². The summed E-state index contributed by atoms with van der Waals surface area (Å²) >= 11 is 8.05. The second-order valence-electron chi connectivity index (χ2n) is 6.63. The second kappa shape index (κ2) is 7.59. The molecule has 1 aromatic heterocycles. The topological polar surface area (TPSA) is 72.5 Å². The van der Waals surface area contributed by atoms with Crippen molar-refractivity contribution in [1.29, 1.82) is 0 Å². The molecular formula is C19H19ClN2O4S2. The van der Waals surface area contributed by atoms with E-state index < -0.39 is 15.8 Å². The smallest absolute Gasteiger partial charge is 0.408 e. The third kappa shape index (κ3) is 3.50. The van der Waals surface area contributed by atoms with E-state index in [2.05, 4.69) is 0 Å².